The predicted molar refractivity (Wildman–Crippen MR) is 87.9 cm³/mol. The summed E-state index contributed by atoms with van der Waals surface area (Å²) >= 11 is 6.05. The first-order valence-corrected chi connectivity index (χ1v) is 7.56. The Labute approximate surface area is 141 Å². The highest BCUT2D eigenvalue weighted by atomic mass is 35.5. The van der Waals surface area contributed by atoms with E-state index < -0.39 is 0 Å². The largest absolute Gasteiger partial charge is 0.493 e. The monoisotopic (exact) mass is 350 g/mol. The first-order valence-electron chi connectivity index (χ1n) is 7.18. The Kier molecular flexibility index (Phi) is 4.57. The van der Waals surface area contributed by atoms with Gasteiger partial charge in [-0.3, -0.25) is 4.57 Å². The molecule has 2 aromatic heterocycles. The highest BCUT2D eigenvalue weighted by Gasteiger charge is 2.11. The lowest BCUT2D eigenvalue weighted by molar-refractivity contribution is 0.279. The molecule has 9 heteroatoms. The van der Waals surface area contributed by atoms with Gasteiger partial charge in [0.25, 0.3) is 0 Å². The van der Waals surface area contributed by atoms with Gasteiger partial charge >= 0.3 is 5.69 Å². The third-order valence-corrected chi connectivity index (χ3v) is 3.80. The minimum absolute atomic E-state index is 0.102. The van der Waals surface area contributed by atoms with Crippen molar-refractivity contribution in [2.24, 2.45) is 0 Å². The van der Waals surface area contributed by atoms with E-state index in [9.17, 15) is 9.90 Å². The van der Waals surface area contributed by atoms with E-state index in [2.05, 4.69) is 15.0 Å². The molecule has 0 unspecified atom stereocenters. The molecular formula is C15H15ClN4O4. The normalized spacial score (nSPS) is 10.9. The molecule has 0 amide bonds. The molecule has 2 heterocycles. The van der Waals surface area contributed by atoms with Crippen LogP contribution in [0, 0.1) is 0 Å². The molecule has 24 heavy (non-hydrogen) atoms. The summed E-state index contributed by atoms with van der Waals surface area (Å²) < 4.78 is 12.3. The maximum atomic E-state index is 11.4. The Morgan fingerprint density at radius 3 is 2.88 bits per heavy atom. The van der Waals surface area contributed by atoms with Gasteiger partial charge in [-0.15, -0.1) is 0 Å². The zero-order chi connectivity index (χ0) is 17.1. The lowest BCUT2D eigenvalue weighted by Gasteiger charge is -2.12. The average Bonchev–Trinajstić information content (AvgIpc) is 2.90. The van der Waals surface area contributed by atoms with Crippen LogP contribution in [0.4, 0.5) is 0 Å². The third kappa shape index (κ3) is 3.13. The number of hydrogen-bond donors (Lipinski definition) is 2. The lowest BCUT2D eigenvalue weighted by atomic mass is 10.2. The fraction of sp³-hybridized carbons (Fsp3) is 0.267. The first-order chi connectivity index (χ1) is 11.6. The van der Waals surface area contributed by atoms with Crippen molar-refractivity contribution in [1.29, 1.82) is 0 Å². The number of imidazole rings is 1. The number of H-pyrrole nitrogens is 1. The fourth-order valence-electron chi connectivity index (χ4n) is 2.31. The molecule has 0 aliphatic rings. The van der Waals surface area contributed by atoms with E-state index in [1.165, 1.54) is 24.2 Å². The number of rotatable bonds is 6. The molecule has 0 saturated heterocycles. The van der Waals surface area contributed by atoms with Crippen molar-refractivity contribution in [3.05, 3.63) is 40.3 Å². The molecule has 0 atom stereocenters. The highest BCUT2D eigenvalue weighted by Crippen LogP contribution is 2.33. The van der Waals surface area contributed by atoms with Crippen LogP contribution in [0.2, 0.25) is 5.15 Å². The molecule has 2 N–H and O–H groups in total. The van der Waals surface area contributed by atoms with Crippen molar-refractivity contribution in [2.45, 2.75) is 13.0 Å². The number of fused-ring (bicyclic) bond motifs is 1. The van der Waals surface area contributed by atoms with Crippen molar-refractivity contribution < 1.29 is 14.6 Å². The van der Waals surface area contributed by atoms with Crippen molar-refractivity contribution in [3.63, 3.8) is 0 Å². The van der Waals surface area contributed by atoms with E-state index in [4.69, 9.17) is 21.1 Å². The van der Waals surface area contributed by atoms with Gasteiger partial charge in [-0.1, -0.05) is 11.6 Å². The summed E-state index contributed by atoms with van der Waals surface area (Å²) in [6.45, 7) is 0.663. The van der Waals surface area contributed by atoms with Crippen molar-refractivity contribution in [2.75, 3.05) is 13.7 Å². The van der Waals surface area contributed by atoms with Crippen molar-refractivity contribution >= 4 is 22.5 Å². The molecule has 0 fully saturated rings. The molecule has 0 bridgehead atoms. The second-order valence-electron chi connectivity index (χ2n) is 4.99. The van der Waals surface area contributed by atoms with E-state index in [1.807, 2.05) is 0 Å². The second-order valence-corrected chi connectivity index (χ2v) is 5.35. The Hall–Kier alpha value is -2.74. The van der Waals surface area contributed by atoms with E-state index in [1.54, 1.807) is 12.1 Å². The predicted octanol–water partition coefficient (Wildman–Crippen LogP) is 1.96. The van der Waals surface area contributed by atoms with Crippen LogP contribution in [0.25, 0.3) is 10.9 Å². The van der Waals surface area contributed by atoms with Gasteiger partial charge in [-0.05, 0) is 12.5 Å². The van der Waals surface area contributed by atoms with Crippen molar-refractivity contribution in [1.82, 2.24) is 19.5 Å². The first kappa shape index (κ1) is 16.1. The number of aromatic amines is 1. The van der Waals surface area contributed by atoms with Gasteiger partial charge in [0, 0.05) is 18.0 Å². The quantitative estimate of drug-likeness (QED) is 0.520. The standard InChI is InChI=1S/C15H15ClN4O4/c1-23-11-5-9-10(18-8-19-14(9)16)6-12(11)24-4-2-3-20-13(21)7-17-15(20)22/h5-8,21H,2-4H2,1H3,(H,17,22). The Morgan fingerprint density at radius 1 is 1.33 bits per heavy atom. The van der Waals surface area contributed by atoms with Gasteiger partial charge in [-0.2, -0.15) is 0 Å². The number of hydrogen-bond acceptors (Lipinski definition) is 6. The second kappa shape index (κ2) is 6.79. The lowest BCUT2D eigenvalue weighted by Crippen LogP contribution is -2.17. The van der Waals surface area contributed by atoms with Crippen LogP contribution < -0.4 is 15.2 Å². The van der Waals surface area contributed by atoms with Crippen LogP contribution in [-0.4, -0.2) is 38.3 Å². The van der Waals surface area contributed by atoms with Gasteiger partial charge in [0.05, 0.1) is 25.4 Å². The summed E-state index contributed by atoms with van der Waals surface area (Å²) in [5.41, 5.74) is 0.285. The smallest absolute Gasteiger partial charge is 0.328 e. The maximum absolute atomic E-state index is 11.4. The molecule has 1 aromatic carbocycles. The Balaban J connectivity index is 1.72. The summed E-state index contributed by atoms with van der Waals surface area (Å²) in [5.74, 6) is 0.931. The van der Waals surface area contributed by atoms with Gasteiger partial charge in [0.2, 0.25) is 5.88 Å². The van der Waals surface area contributed by atoms with E-state index in [0.717, 1.165) is 0 Å². The fourth-order valence-corrected chi connectivity index (χ4v) is 2.51. The van der Waals surface area contributed by atoms with Crippen LogP contribution >= 0.6 is 11.6 Å². The Bertz CT molecular complexity index is 921. The molecule has 0 spiro atoms. The summed E-state index contributed by atoms with van der Waals surface area (Å²) in [4.78, 5) is 21.9. The number of ether oxygens (including phenoxy) is 2. The van der Waals surface area contributed by atoms with Gasteiger partial charge in [0.1, 0.15) is 11.5 Å². The zero-order valence-corrected chi connectivity index (χ0v) is 13.6. The molecule has 0 aliphatic carbocycles. The molecular weight excluding hydrogens is 336 g/mol. The van der Waals surface area contributed by atoms with Crippen LogP contribution in [0.3, 0.4) is 0 Å². The zero-order valence-electron chi connectivity index (χ0n) is 12.8. The topological polar surface area (TPSA) is 102 Å². The summed E-state index contributed by atoms with van der Waals surface area (Å²) in [6, 6.07) is 3.44. The van der Waals surface area contributed by atoms with Crippen molar-refractivity contribution in [3.8, 4) is 17.4 Å². The van der Waals surface area contributed by atoms with E-state index in [-0.39, 0.29) is 11.6 Å². The third-order valence-electron chi connectivity index (χ3n) is 3.50. The summed E-state index contributed by atoms with van der Waals surface area (Å²) in [5, 5.41) is 10.5. The van der Waals surface area contributed by atoms with Gasteiger partial charge in [0.15, 0.2) is 11.5 Å². The molecule has 0 saturated carbocycles. The Morgan fingerprint density at radius 2 is 2.17 bits per heavy atom. The molecule has 0 radical (unpaired) electrons. The summed E-state index contributed by atoms with van der Waals surface area (Å²) in [6.07, 6.45) is 3.15. The van der Waals surface area contributed by atoms with E-state index in [0.29, 0.717) is 47.1 Å². The van der Waals surface area contributed by atoms with Crippen LogP contribution in [0.1, 0.15) is 6.42 Å². The van der Waals surface area contributed by atoms with E-state index >= 15 is 0 Å². The summed E-state index contributed by atoms with van der Waals surface area (Å²) in [7, 11) is 1.53. The number of benzene rings is 1. The minimum Gasteiger partial charge on any atom is -0.493 e. The maximum Gasteiger partial charge on any atom is 0.328 e. The molecule has 0 aliphatic heterocycles. The van der Waals surface area contributed by atoms with Gasteiger partial charge < -0.3 is 19.6 Å². The molecule has 3 rings (SSSR count). The SMILES string of the molecule is COc1cc2c(Cl)ncnc2cc1OCCCn1c(O)c[nH]c1=O. The molecule has 3 aromatic rings. The number of halogens is 1. The molecule has 8 nitrogen and oxygen atoms in total. The number of methoxy groups -OCH3 is 1. The highest BCUT2D eigenvalue weighted by molar-refractivity contribution is 6.34. The number of aromatic nitrogens is 4. The number of nitrogens with zero attached hydrogens (tertiary/aromatic N) is 3. The van der Waals surface area contributed by atoms with Crippen LogP contribution in [-0.2, 0) is 6.54 Å². The van der Waals surface area contributed by atoms with Crippen LogP contribution in [0.15, 0.2) is 29.5 Å². The number of nitrogens with one attached hydrogen (secondary N) is 1. The average molecular weight is 351 g/mol. The number of aromatic hydroxyl groups is 1. The van der Waals surface area contributed by atoms with Crippen LogP contribution in [0.5, 0.6) is 17.4 Å². The molecule has 126 valence electrons. The van der Waals surface area contributed by atoms with Gasteiger partial charge in [-0.25, -0.2) is 14.8 Å². The minimum atomic E-state index is -0.359.